The van der Waals surface area contributed by atoms with Crippen molar-refractivity contribution in [2.75, 3.05) is 42.6 Å². The van der Waals surface area contributed by atoms with Gasteiger partial charge in [-0.2, -0.15) is 0 Å². The van der Waals surface area contributed by atoms with E-state index in [9.17, 15) is 9.59 Å². The zero-order valence-corrected chi connectivity index (χ0v) is 15.8. The van der Waals surface area contributed by atoms with Crippen molar-refractivity contribution in [3.8, 4) is 0 Å². The molecule has 1 aliphatic rings. The first-order chi connectivity index (χ1) is 9.76. The smallest absolute Gasteiger partial charge is 0.503 e. The maximum atomic E-state index is 11.7. The van der Waals surface area contributed by atoms with Crippen LogP contribution in [-0.4, -0.2) is 45.2 Å². The fraction of sp³-hybridized carbons (Fsp3) is 0.357. The van der Waals surface area contributed by atoms with Crippen LogP contribution in [0.4, 0.5) is 11.4 Å². The maximum Gasteiger partial charge on any atom is 2.00 e. The van der Waals surface area contributed by atoms with Gasteiger partial charge < -0.3 is 25.1 Å². The quantitative estimate of drug-likeness (QED) is 0.433. The van der Waals surface area contributed by atoms with E-state index in [4.69, 9.17) is 10.5 Å². The molecule has 6 nitrogen and oxygen atoms in total. The number of anilines is 2. The van der Waals surface area contributed by atoms with Gasteiger partial charge in [0.25, 0.3) is 5.91 Å². The van der Waals surface area contributed by atoms with Gasteiger partial charge in [-0.1, -0.05) is 12.1 Å². The van der Waals surface area contributed by atoms with Crippen LogP contribution in [0, 0.1) is 37.5 Å². The summed E-state index contributed by atoms with van der Waals surface area (Å²) >= 11 is 0. The molecule has 2 N–H and O–H groups in total. The Morgan fingerprint density at radius 3 is 2.67 bits per heavy atom. The molecule has 0 saturated carbocycles. The van der Waals surface area contributed by atoms with Gasteiger partial charge >= 0.3 is 31.1 Å². The van der Waals surface area contributed by atoms with E-state index in [-0.39, 0.29) is 43.6 Å². The molecule has 1 aliphatic heterocycles. The molecular weight excluding hydrogens is 496 g/mol. The number of carbonyl (C=O) groups excluding carboxylic acids is 2. The second-order valence-corrected chi connectivity index (χ2v) is 4.34. The van der Waals surface area contributed by atoms with Gasteiger partial charge in [-0.15, -0.1) is 30.9 Å². The van der Waals surface area contributed by atoms with Crippen molar-refractivity contribution in [2.24, 2.45) is 5.73 Å². The van der Waals surface area contributed by atoms with Crippen molar-refractivity contribution >= 4 is 23.7 Å². The Labute approximate surface area is 148 Å². The molecule has 1 saturated heterocycles. The summed E-state index contributed by atoms with van der Waals surface area (Å²) in [5.74, 6) is -0.0562. The van der Waals surface area contributed by atoms with E-state index >= 15 is 0 Å². The van der Waals surface area contributed by atoms with E-state index in [0.29, 0.717) is 31.9 Å². The molecule has 0 aliphatic carbocycles. The molecule has 0 spiro atoms. The van der Waals surface area contributed by atoms with E-state index < -0.39 is 0 Å². The van der Waals surface area contributed by atoms with Crippen molar-refractivity contribution < 1.29 is 45.4 Å². The van der Waals surface area contributed by atoms with Crippen LogP contribution in [0.1, 0.15) is 0 Å². The standard InChI is InChI=1S/C14H17N3O3.U/c15-6-1-7-16(11-18)12-2-4-13(5-3-12)17-8-9-20-10-14(17)19;/h1-5H,6-10,15H2;/q-2;+2. The summed E-state index contributed by atoms with van der Waals surface area (Å²) in [6.07, 6.45) is 3.64. The predicted molar refractivity (Wildman–Crippen MR) is 76.0 cm³/mol. The summed E-state index contributed by atoms with van der Waals surface area (Å²) in [4.78, 5) is 25.7. The number of hydrogen-bond donors (Lipinski definition) is 1. The van der Waals surface area contributed by atoms with Crippen LogP contribution in [0.25, 0.3) is 0 Å². The molecule has 0 aromatic heterocycles. The first-order valence-electron chi connectivity index (χ1n) is 6.41. The predicted octanol–water partition coefficient (Wildman–Crippen LogP) is 0.0864. The molecule has 2 amide bonds. The summed E-state index contributed by atoms with van der Waals surface area (Å²) in [6, 6.07) is 7.19. The van der Waals surface area contributed by atoms with Crippen molar-refractivity contribution in [2.45, 2.75) is 0 Å². The van der Waals surface area contributed by atoms with Gasteiger partial charge in [-0.25, -0.2) is 0 Å². The average Bonchev–Trinajstić information content (AvgIpc) is 2.49. The van der Waals surface area contributed by atoms with Gasteiger partial charge in [0.2, 0.25) is 0 Å². The Bertz CT molecular complexity index is 467. The number of morpholine rings is 1. The van der Waals surface area contributed by atoms with Crippen molar-refractivity contribution in [1.82, 2.24) is 0 Å². The molecule has 2 rings (SSSR count). The minimum absolute atomic E-state index is 0. The average molecular weight is 513 g/mol. The third-order valence-electron chi connectivity index (χ3n) is 3.05. The Morgan fingerprint density at radius 2 is 2.10 bits per heavy atom. The molecular formula is C14H17N3O3U. The minimum Gasteiger partial charge on any atom is -0.503 e. The van der Waals surface area contributed by atoms with Gasteiger partial charge in [0, 0.05) is 12.2 Å². The molecule has 1 fully saturated rings. The minimum atomic E-state index is -0.0562. The number of hydrogen-bond acceptors (Lipinski definition) is 4. The maximum absolute atomic E-state index is 11.7. The molecule has 0 atom stereocenters. The molecule has 0 radical (unpaired) electrons. The molecule has 0 unspecified atom stereocenters. The van der Waals surface area contributed by atoms with Crippen LogP contribution >= 0.6 is 0 Å². The Morgan fingerprint density at radius 1 is 1.38 bits per heavy atom. The normalized spacial score (nSPS) is 14.5. The van der Waals surface area contributed by atoms with E-state index in [1.54, 1.807) is 23.5 Å². The summed E-state index contributed by atoms with van der Waals surface area (Å²) in [5, 5.41) is 0. The Balaban J connectivity index is 0.00000220. The summed E-state index contributed by atoms with van der Waals surface area (Å²) in [5.41, 5.74) is 6.90. The monoisotopic (exact) mass is 513 g/mol. The van der Waals surface area contributed by atoms with Gasteiger partial charge in [0.15, 0.2) is 0 Å². The van der Waals surface area contributed by atoms with E-state index in [0.717, 1.165) is 5.69 Å². The van der Waals surface area contributed by atoms with Gasteiger partial charge in [0.05, 0.1) is 13.0 Å². The summed E-state index contributed by atoms with van der Waals surface area (Å²) < 4.78 is 5.09. The van der Waals surface area contributed by atoms with Crippen molar-refractivity contribution in [1.29, 1.82) is 0 Å². The zero-order chi connectivity index (χ0) is 14.4. The molecule has 21 heavy (non-hydrogen) atoms. The number of amides is 2. The number of nitrogens with zero attached hydrogens (tertiary/aromatic N) is 2. The molecule has 0 bridgehead atoms. The number of benzene rings is 1. The van der Waals surface area contributed by atoms with Gasteiger partial charge in [-0.3, -0.25) is 11.2 Å². The van der Waals surface area contributed by atoms with E-state index in [1.807, 2.05) is 18.5 Å². The molecule has 1 aromatic rings. The first kappa shape index (κ1) is 18.2. The van der Waals surface area contributed by atoms with Crippen LogP contribution in [0.5, 0.6) is 0 Å². The molecule has 110 valence electrons. The van der Waals surface area contributed by atoms with Crippen LogP contribution in [0.15, 0.2) is 24.3 Å². The van der Waals surface area contributed by atoms with Crippen LogP contribution in [0.2, 0.25) is 0 Å². The molecule has 1 aromatic carbocycles. The van der Waals surface area contributed by atoms with Crippen LogP contribution in [-0.2, 0) is 14.3 Å². The second kappa shape index (κ2) is 9.21. The first-order valence-corrected chi connectivity index (χ1v) is 6.41. The fourth-order valence-electron chi connectivity index (χ4n) is 2.00. The Hall–Kier alpha value is -0.868. The molecule has 7 heteroatoms. The van der Waals surface area contributed by atoms with E-state index in [1.165, 1.54) is 4.90 Å². The SMILES string of the molecule is NC[CH-]CN([C-]=O)c1ccc(N2CCOCC2=O)cc1.[U+2]. The van der Waals surface area contributed by atoms with Gasteiger partial charge in [0.1, 0.15) is 6.61 Å². The van der Waals surface area contributed by atoms with E-state index in [2.05, 4.69) is 0 Å². The summed E-state index contributed by atoms with van der Waals surface area (Å²) in [6.45, 7) is 2.01. The number of carbonyl (C=O) groups is 1. The van der Waals surface area contributed by atoms with Crippen LogP contribution in [0.3, 0.4) is 0 Å². The largest absolute Gasteiger partial charge is 2.00 e. The summed E-state index contributed by atoms with van der Waals surface area (Å²) in [7, 11) is 0. The number of rotatable bonds is 6. The number of ether oxygens (including phenoxy) is 1. The van der Waals surface area contributed by atoms with Crippen molar-refractivity contribution in [3.63, 3.8) is 0 Å². The molecule has 1 heterocycles. The Kier molecular flexibility index (Phi) is 7.97. The zero-order valence-electron chi connectivity index (χ0n) is 11.6. The number of nitrogens with two attached hydrogens (primary N) is 1. The third-order valence-corrected chi connectivity index (χ3v) is 3.05. The second-order valence-electron chi connectivity index (χ2n) is 4.34. The van der Waals surface area contributed by atoms with Crippen LogP contribution < -0.4 is 15.5 Å². The third kappa shape index (κ3) is 4.82. The fourth-order valence-corrected chi connectivity index (χ4v) is 2.00. The topological polar surface area (TPSA) is 75.9 Å². The van der Waals surface area contributed by atoms with Gasteiger partial charge in [-0.05, 0) is 0 Å². The van der Waals surface area contributed by atoms with Crippen molar-refractivity contribution in [3.05, 3.63) is 30.7 Å².